The first-order valence-corrected chi connectivity index (χ1v) is 10.1. The molecule has 1 aliphatic heterocycles. The minimum Gasteiger partial charge on any atom is -0.503 e. The van der Waals surface area contributed by atoms with Crippen molar-refractivity contribution < 1.29 is 19.4 Å². The van der Waals surface area contributed by atoms with Crippen molar-refractivity contribution in [3.8, 4) is 5.75 Å². The Morgan fingerprint density at radius 2 is 1.81 bits per heavy atom. The number of aromatic amines is 1. The molecule has 0 bridgehead atoms. The molecule has 2 aromatic carbocycles. The van der Waals surface area contributed by atoms with E-state index in [0.29, 0.717) is 16.8 Å². The predicted molar refractivity (Wildman–Crippen MR) is 118 cm³/mol. The standard InChI is InChI=1S/C24H25N3O4/c1-12(2)21(28)19-20(15-6-8-16(31-5)9-7-15)27(23(30)22(19)29)24-25-17-10-13(3)14(4)11-18(17)26-24/h6-12,20,29H,1-5H3,(H,25,26). The third-order valence-electron chi connectivity index (χ3n) is 5.74. The van der Waals surface area contributed by atoms with Gasteiger partial charge >= 0.3 is 0 Å². The molecule has 1 atom stereocenters. The van der Waals surface area contributed by atoms with E-state index in [1.807, 2.05) is 26.0 Å². The van der Waals surface area contributed by atoms with Gasteiger partial charge in [-0.15, -0.1) is 0 Å². The first-order valence-electron chi connectivity index (χ1n) is 10.1. The first kappa shape index (κ1) is 20.7. The van der Waals surface area contributed by atoms with Crippen molar-refractivity contribution in [2.75, 3.05) is 12.0 Å². The average Bonchev–Trinajstić information content (AvgIpc) is 3.25. The number of aliphatic hydroxyl groups is 1. The highest BCUT2D eigenvalue weighted by Gasteiger charge is 2.46. The van der Waals surface area contributed by atoms with Gasteiger partial charge in [-0.1, -0.05) is 26.0 Å². The number of fused-ring (bicyclic) bond motifs is 1. The molecule has 0 saturated heterocycles. The second-order valence-electron chi connectivity index (χ2n) is 8.15. The largest absolute Gasteiger partial charge is 0.503 e. The maximum absolute atomic E-state index is 13.1. The Kier molecular flexibility index (Phi) is 5.05. The van der Waals surface area contributed by atoms with Crippen molar-refractivity contribution in [3.63, 3.8) is 0 Å². The molecule has 0 spiro atoms. The molecular weight excluding hydrogens is 394 g/mol. The van der Waals surface area contributed by atoms with E-state index >= 15 is 0 Å². The molecule has 4 rings (SSSR count). The molecule has 1 aromatic heterocycles. The molecule has 7 heteroatoms. The van der Waals surface area contributed by atoms with Crippen molar-refractivity contribution in [2.45, 2.75) is 33.7 Å². The van der Waals surface area contributed by atoms with Crippen molar-refractivity contribution in [2.24, 2.45) is 5.92 Å². The fourth-order valence-electron chi connectivity index (χ4n) is 3.86. The molecule has 0 fully saturated rings. The number of hydrogen-bond donors (Lipinski definition) is 2. The Morgan fingerprint density at radius 1 is 1.16 bits per heavy atom. The number of Topliss-reactive ketones (excluding diaryl/α,β-unsaturated/α-hetero) is 1. The minimum atomic E-state index is -0.795. The zero-order chi connectivity index (χ0) is 22.4. The Balaban J connectivity index is 1.89. The van der Waals surface area contributed by atoms with Crippen LogP contribution in [0, 0.1) is 19.8 Å². The van der Waals surface area contributed by atoms with Crippen LogP contribution in [0.2, 0.25) is 0 Å². The highest BCUT2D eigenvalue weighted by molar-refractivity contribution is 6.16. The number of aliphatic hydroxyl groups excluding tert-OH is 1. The topological polar surface area (TPSA) is 95.5 Å². The molecule has 3 aromatic rings. The number of carbonyl (C=O) groups excluding carboxylic acids is 2. The van der Waals surface area contributed by atoms with Gasteiger partial charge in [0.05, 0.1) is 29.8 Å². The highest BCUT2D eigenvalue weighted by atomic mass is 16.5. The van der Waals surface area contributed by atoms with Gasteiger partial charge in [-0.3, -0.25) is 14.5 Å². The Hall–Kier alpha value is -3.61. The Labute approximate surface area is 180 Å². The highest BCUT2D eigenvalue weighted by Crippen LogP contribution is 2.41. The lowest BCUT2D eigenvalue weighted by Gasteiger charge is -2.25. The number of nitrogens with zero attached hydrogens (tertiary/aromatic N) is 2. The normalized spacial score (nSPS) is 16.6. The number of benzene rings is 2. The first-order chi connectivity index (χ1) is 14.7. The Bertz CT molecular complexity index is 1180. The van der Waals surface area contributed by atoms with Crippen molar-refractivity contribution in [1.29, 1.82) is 0 Å². The van der Waals surface area contributed by atoms with Gasteiger partial charge in [0.25, 0.3) is 5.91 Å². The summed E-state index contributed by atoms with van der Waals surface area (Å²) in [5.74, 6) is -0.920. The smallest absolute Gasteiger partial charge is 0.296 e. The summed E-state index contributed by atoms with van der Waals surface area (Å²) in [6.45, 7) is 7.49. The fraction of sp³-hybridized carbons (Fsp3) is 0.292. The summed E-state index contributed by atoms with van der Waals surface area (Å²) in [5.41, 5.74) is 4.43. The lowest BCUT2D eigenvalue weighted by atomic mass is 9.91. The van der Waals surface area contributed by atoms with E-state index in [0.717, 1.165) is 16.6 Å². The van der Waals surface area contributed by atoms with Crippen LogP contribution < -0.4 is 9.64 Å². The summed E-state index contributed by atoms with van der Waals surface area (Å²) in [6.07, 6.45) is 0. The molecule has 0 radical (unpaired) electrons. The number of anilines is 1. The number of amides is 1. The van der Waals surface area contributed by atoms with Crippen molar-refractivity contribution >= 4 is 28.7 Å². The summed E-state index contributed by atoms with van der Waals surface area (Å²) in [7, 11) is 1.57. The third kappa shape index (κ3) is 3.36. The lowest BCUT2D eigenvalue weighted by molar-refractivity contribution is -0.119. The number of aryl methyl sites for hydroxylation is 2. The van der Waals surface area contributed by atoms with Crippen LogP contribution >= 0.6 is 0 Å². The predicted octanol–water partition coefficient (Wildman–Crippen LogP) is 4.31. The molecule has 2 heterocycles. The summed E-state index contributed by atoms with van der Waals surface area (Å²) in [5, 5.41) is 10.7. The summed E-state index contributed by atoms with van der Waals surface area (Å²) >= 11 is 0. The molecular formula is C24H25N3O4. The van der Waals surface area contributed by atoms with Crippen LogP contribution in [0.5, 0.6) is 5.75 Å². The summed E-state index contributed by atoms with van der Waals surface area (Å²) < 4.78 is 5.23. The number of carbonyl (C=O) groups is 2. The van der Waals surface area contributed by atoms with Gasteiger partial charge in [0.15, 0.2) is 11.5 Å². The van der Waals surface area contributed by atoms with E-state index in [-0.39, 0.29) is 23.2 Å². The number of methoxy groups -OCH3 is 1. The summed E-state index contributed by atoms with van der Waals surface area (Å²) in [6, 6.07) is 10.2. The molecule has 7 nitrogen and oxygen atoms in total. The van der Waals surface area contributed by atoms with Gasteiger partial charge < -0.3 is 14.8 Å². The number of ether oxygens (including phenoxy) is 1. The fourth-order valence-corrected chi connectivity index (χ4v) is 3.86. The number of rotatable bonds is 5. The van der Waals surface area contributed by atoms with Gasteiger partial charge in [-0.05, 0) is 54.8 Å². The van der Waals surface area contributed by atoms with E-state index in [1.165, 1.54) is 4.90 Å². The number of aromatic nitrogens is 2. The quantitative estimate of drug-likeness (QED) is 0.642. The van der Waals surface area contributed by atoms with Gasteiger partial charge in [0.1, 0.15) is 5.75 Å². The summed E-state index contributed by atoms with van der Waals surface area (Å²) in [4.78, 5) is 35.3. The van der Waals surface area contributed by atoms with E-state index in [9.17, 15) is 14.7 Å². The maximum atomic E-state index is 13.1. The minimum absolute atomic E-state index is 0.0815. The SMILES string of the molecule is COc1ccc(C2C(C(=O)C(C)C)=C(O)C(=O)N2c2nc3cc(C)c(C)cc3[nH]2)cc1. The molecule has 0 saturated carbocycles. The molecule has 0 aliphatic carbocycles. The number of H-pyrrole nitrogens is 1. The monoisotopic (exact) mass is 419 g/mol. The Morgan fingerprint density at radius 3 is 2.42 bits per heavy atom. The molecule has 1 aliphatic rings. The van der Waals surface area contributed by atoms with Gasteiger partial charge in [0.2, 0.25) is 5.95 Å². The molecule has 1 unspecified atom stereocenters. The number of imidazole rings is 1. The average molecular weight is 419 g/mol. The zero-order valence-electron chi connectivity index (χ0n) is 18.2. The van der Waals surface area contributed by atoms with Crippen LogP contribution in [0.3, 0.4) is 0 Å². The van der Waals surface area contributed by atoms with Crippen LogP contribution in [-0.4, -0.2) is 33.9 Å². The van der Waals surface area contributed by atoms with E-state index in [2.05, 4.69) is 9.97 Å². The van der Waals surface area contributed by atoms with Gasteiger partial charge in [-0.2, -0.15) is 0 Å². The van der Waals surface area contributed by atoms with Crippen LogP contribution in [-0.2, 0) is 9.59 Å². The zero-order valence-corrected chi connectivity index (χ0v) is 18.2. The second-order valence-corrected chi connectivity index (χ2v) is 8.15. The van der Waals surface area contributed by atoms with Crippen molar-refractivity contribution in [1.82, 2.24) is 9.97 Å². The number of ketones is 1. The molecule has 31 heavy (non-hydrogen) atoms. The number of nitrogens with one attached hydrogen (secondary N) is 1. The third-order valence-corrected chi connectivity index (χ3v) is 5.74. The number of hydrogen-bond acceptors (Lipinski definition) is 5. The van der Waals surface area contributed by atoms with Crippen LogP contribution in [0.1, 0.15) is 36.6 Å². The second kappa shape index (κ2) is 7.58. The molecule has 1 amide bonds. The van der Waals surface area contributed by atoms with Gasteiger partial charge in [-0.25, -0.2) is 4.98 Å². The van der Waals surface area contributed by atoms with E-state index in [1.54, 1.807) is 45.2 Å². The van der Waals surface area contributed by atoms with Crippen molar-refractivity contribution in [3.05, 3.63) is 64.4 Å². The molecule has 2 N–H and O–H groups in total. The van der Waals surface area contributed by atoms with Crippen LogP contribution in [0.15, 0.2) is 47.7 Å². The molecule has 160 valence electrons. The van der Waals surface area contributed by atoms with Crippen LogP contribution in [0.4, 0.5) is 5.95 Å². The van der Waals surface area contributed by atoms with E-state index in [4.69, 9.17) is 4.74 Å². The van der Waals surface area contributed by atoms with E-state index < -0.39 is 17.7 Å². The maximum Gasteiger partial charge on any atom is 0.296 e. The van der Waals surface area contributed by atoms with Crippen LogP contribution in [0.25, 0.3) is 11.0 Å². The lowest BCUT2D eigenvalue weighted by Crippen LogP contribution is -2.32. The van der Waals surface area contributed by atoms with Gasteiger partial charge in [0, 0.05) is 5.92 Å².